The van der Waals surface area contributed by atoms with Crippen molar-refractivity contribution in [1.29, 1.82) is 0 Å². The molecule has 0 fully saturated rings. The Bertz CT molecular complexity index is 856. The Hall–Kier alpha value is -1.67. The van der Waals surface area contributed by atoms with Crippen molar-refractivity contribution in [3.63, 3.8) is 0 Å². The number of benzene rings is 2. The molecular weight excluding hydrogens is 374 g/mol. The van der Waals surface area contributed by atoms with Gasteiger partial charge in [0.05, 0.1) is 4.90 Å². The summed E-state index contributed by atoms with van der Waals surface area (Å²) in [5.41, 5.74) is 6.30. The first-order valence-corrected chi connectivity index (χ1v) is 9.89. The number of nitrogens with two attached hydrogens (primary N) is 1. The number of hydrogen-bond acceptors (Lipinski definition) is 4. The minimum atomic E-state index is -3.72. The number of sulfonamides is 1. The van der Waals surface area contributed by atoms with E-state index in [1.54, 1.807) is 30.3 Å². The van der Waals surface area contributed by atoms with E-state index in [9.17, 15) is 13.2 Å². The van der Waals surface area contributed by atoms with Crippen molar-refractivity contribution in [3.8, 4) is 0 Å². The van der Waals surface area contributed by atoms with Crippen LogP contribution in [-0.2, 0) is 14.8 Å². The monoisotopic (exact) mass is 399 g/mol. The van der Waals surface area contributed by atoms with Gasteiger partial charge in [0, 0.05) is 36.0 Å². The number of hydrogen-bond donors (Lipinski definition) is 3. The van der Waals surface area contributed by atoms with Crippen LogP contribution in [0.3, 0.4) is 0 Å². The summed E-state index contributed by atoms with van der Waals surface area (Å²) in [6.45, 7) is 3.72. The van der Waals surface area contributed by atoms with Crippen LogP contribution in [0.4, 0.5) is 5.69 Å². The third kappa shape index (κ3) is 5.41. The van der Waals surface area contributed by atoms with Gasteiger partial charge in [0.15, 0.2) is 0 Å². The molecule has 1 amide bonds. The molecule has 2 aromatic carbocycles. The molecule has 0 heterocycles. The van der Waals surface area contributed by atoms with Gasteiger partial charge in [-0.05, 0) is 18.6 Å². The third-order valence-corrected chi connectivity index (χ3v) is 5.58. The second kappa shape index (κ2) is 9.87. The van der Waals surface area contributed by atoms with Crippen molar-refractivity contribution in [2.75, 3.05) is 11.9 Å². The third-order valence-electron chi connectivity index (χ3n) is 4.00. The van der Waals surface area contributed by atoms with Gasteiger partial charge in [0.1, 0.15) is 0 Å². The van der Waals surface area contributed by atoms with Gasteiger partial charge in [0.25, 0.3) is 0 Å². The molecule has 0 aromatic heterocycles. The van der Waals surface area contributed by atoms with E-state index in [1.807, 2.05) is 0 Å². The topological polar surface area (TPSA) is 101 Å². The average molecular weight is 400 g/mol. The SMILES string of the molecule is CCCCC(CN)NS(=O)(=O)c1ccc(NC(C)=O)c2ccccc12.Cl. The lowest BCUT2D eigenvalue weighted by molar-refractivity contribution is -0.114. The number of halogens is 1. The summed E-state index contributed by atoms with van der Waals surface area (Å²) in [6.07, 6.45) is 2.59. The fourth-order valence-corrected chi connectivity index (χ4v) is 4.26. The molecule has 0 saturated heterocycles. The van der Waals surface area contributed by atoms with E-state index >= 15 is 0 Å². The quantitative estimate of drug-likeness (QED) is 0.634. The minimum absolute atomic E-state index is 0. The number of unbranched alkanes of at least 4 members (excludes halogenated alkanes) is 1. The van der Waals surface area contributed by atoms with E-state index < -0.39 is 10.0 Å². The highest BCUT2D eigenvalue weighted by Gasteiger charge is 2.22. The lowest BCUT2D eigenvalue weighted by Crippen LogP contribution is -2.40. The molecule has 0 radical (unpaired) electrons. The fraction of sp³-hybridized carbons (Fsp3) is 0.389. The largest absolute Gasteiger partial charge is 0.329 e. The first-order valence-electron chi connectivity index (χ1n) is 8.40. The molecule has 0 saturated carbocycles. The maximum atomic E-state index is 12.9. The van der Waals surface area contributed by atoms with Crippen molar-refractivity contribution in [1.82, 2.24) is 4.72 Å². The van der Waals surface area contributed by atoms with Gasteiger partial charge in [-0.25, -0.2) is 13.1 Å². The number of anilines is 1. The molecule has 144 valence electrons. The highest BCUT2D eigenvalue weighted by Crippen LogP contribution is 2.29. The van der Waals surface area contributed by atoms with Gasteiger partial charge in [0.2, 0.25) is 15.9 Å². The molecule has 1 unspecified atom stereocenters. The number of fused-ring (bicyclic) bond motifs is 1. The van der Waals surface area contributed by atoms with E-state index in [0.29, 0.717) is 22.9 Å². The van der Waals surface area contributed by atoms with E-state index in [2.05, 4.69) is 17.0 Å². The first kappa shape index (κ1) is 22.4. The minimum Gasteiger partial charge on any atom is -0.329 e. The van der Waals surface area contributed by atoms with Crippen LogP contribution < -0.4 is 15.8 Å². The van der Waals surface area contributed by atoms with Crippen molar-refractivity contribution in [2.45, 2.75) is 44.0 Å². The predicted molar refractivity (Wildman–Crippen MR) is 108 cm³/mol. The van der Waals surface area contributed by atoms with Gasteiger partial charge in [-0.2, -0.15) is 0 Å². The molecule has 0 spiro atoms. The van der Waals surface area contributed by atoms with Crippen LogP contribution in [0.2, 0.25) is 0 Å². The molecule has 6 nitrogen and oxygen atoms in total. The molecule has 0 aliphatic carbocycles. The summed E-state index contributed by atoms with van der Waals surface area (Å²) in [6, 6.07) is 9.94. The van der Waals surface area contributed by atoms with Crippen molar-refractivity contribution in [2.24, 2.45) is 5.73 Å². The van der Waals surface area contributed by atoms with Crippen LogP contribution in [-0.4, -0.2) is 26.9 Å². The molecule has 0 bridgehead atoms. The maximum absolute atomic E-state index is 12.9. The highest BCUT2D eigenvalue weighted by atomic mass is 35.5. The van der Waals surface area contributed by atoms with E-state index in [-0.39, 0.29) is 35.8 Å². The number of amides is 1. The molecule has 1 atom stereocenters. The van der Waals surface area contributed by atoms with Gasteiger partial charge in [-0.1, -0.05) is 44.0 Å². The molecule has 8 heteroatoms. The highest BCUT2D eigenvalue weighted by molar-refractivity contribution is 7.89. The lowest BCUT2D eigenvalue weighted by Gasteiger charge is -2.18. The van der Waals surface area contributed by atoms with Gasteiger partial charge in [-0.15, -0.1) is 12.4 Å². The molecular formula is C18H26ClN3O3S. The summed E-state index contributed by atoms with van der Waals surface area (Å²) in [7, 11) is -3.72. The number of carbonyl (C=O) groups excluding carboxylic acids is 1. The molecule has 2 aromatic rings. The van der Waals surface area contributed by atoms with Crippen LogP contribution in [0.1, 0.15) is 33.1 Å². The Kier molecular flexibility index (Phi) is 8.49. The zero-order valence-electron chi connectivity index (χ0n) is 15.0. The standard InChI is InChI=1S/C18H25N3O3S.ClH/c1-3-4-7-14(12-19)21-25(23,24)18-11-10-17(20-13(2)22)15-8-5-6-9-16(15)18;/h5-6,8-11,14,21H,3-4,7,12,19H2,1-2H3,(H,20,22);1H. The van der Waals surface area contributed by atoms with Gasteiger partial charge < -0.3 is 11.1 Å². The summed E-state index contributed by atoms with van der Waals surface area (Å²) in [4.78, 5) is 11.6. The zero-order valence-corrected chi connectivity index (χ0v) is 16.6. The Balaban J connectivity index is 0.00000338. The zero-order chi connectivity index (χ0) is 18.4. The molecule has 2 rings (SSSR count). The van der Waals surface area contributed by atoms with Crippen LogP contribution in [0.25, 0.3) is 10.8 Å². The molecule has 0 aliphatic heterocycles. The van der Waals surface area contributed by atoms with Crippen LogP contribution in [0.5, 0.6) is 0 Å². The van der Waals surface area contributed by atoms with Crippen molar-refractivity contribution < 1.29 is 13.2 Å². The Morgan fingerprint density at radius 1 is 1.15 bits per heavy atom. The van der Waals surface area contributed by atoms with Crippen molar-refractivity contribution in [3.05, 3.63) is 36.4 Å². The normalized spacial score (nSPS) is 12.4. The van der Waals surface area contributed by atoms with Gasteiger partial charge >= 0.3 is 0 Å². The van der Waals surface area contributed by atoms with E-state index in [1.165, 1.54) is 13.0 Å². The lowest BCUT2D eigenvalue weighted by atomic mass is 10.1. The summed E-state index contributed by atoms with van der Waals surface area (Å²) in [5.74, 6) is -0.207. The Labute approximate surface area is 161 Å². The van der Waals surface area contributed by atoms with Crippen molar-refractivity contribution >= 4 is 44.8 Å². The maximum Gasteiger partial charge on any atom is 0.241 e. The number of rotatable bonds is 8. The summed E-state index contributed by atoms with van der Waals surface area (Å²) >= 11 is 0. The second-order valence-corrected chi connectivity index (χ2v) is 7.72. The number of carbonyl (C=O) groups is 1. The van der Waals surface area contributed by atoms with E-state index in [4.69, 9.17) is 5.73 Å². The number of nitrogens with one attached hydrogen (secondary N) is 2. The second-order valence-electron chi connectivity index (χ2n) is 6.03. The average Bonchev–Trinajstić information content (AvgIpc) is 2.58. The van der Waals surface area contributed by atoms with Crippen LogP contribution in [0, 0.1) is 0 Å². The smallest absolute Gasteiger partial charge is 0.241 e. The Morgan fingerprint density at radius 3 is 2.38 bits per heavy atom. The predicted octanol–water partition coefficient (Wildman–Crippen LogP) is 3.02. The first-order chi connectivity index (χ1) is 11.9. The summed E-state index contributed by atoms with van der Waals surface area (Å²) in [5, 5.41) is 3.97. The molecule has 4 N–H and O–H groups in total. The van der Waals surface area contributed by atoms with E-state index in [0.717, 1.165) is 12.8 Å². The van der Waals surface area contributed by atoms with Crippen LogP contribution in [0.15, 0.2) is 41.3 Å². The van der Waals surface area contributed by atoms with Crippen LogP contribution >= 0.6 is 12.4 Å². The van der Waals surface area contributed by atoms with Gasteiger partial charge in [-0.3, -0.25) is 4.79 Å². The molecule has 26 heavy (non-hydrogen) atoms. The Morgan fingerprint density at radius 2 is 1.81 bits per heavy atom. The summed E-state index contributed by atoms with van der Waals surface area (Å²) < 4.78 is 28.4. The fourth-order valence-electron chi connectivity index (χ4n) is 2.76. The molecule has 0 aliphatic rings.